The lowest BCUT2D eigenvalue weighted by Crippen LogP contribution is -2.02. The Kier molecular flexibility index (Phi) is 3.39. The number of aromatic nitrogens is 1. The lowest BCUT2D eigenvalue weighted by atomic mass is 10.2. The van der Waals surface area contributed by atoms with Crippen molar-refractivity contribution in [2.45, 2.75) is 6.92 Å². The molecular formula is C12H12N2O2S. The Morgan fingerprint density at radius 2 is 2.35 bits per heavy atom. The summed E-state index contributed by atoms with van der Waals surface area (Å²) in [5.41, 5.74) is 6.93. The summed E-state index contributed by atoms with van der Waals surface area (Å²) in [7, 11) is 0. The molecule has 0 bridgehead atoms. The van der Waals surface area contributed by atoms with Crippen molar-refractivity contribution >= 4 is 23.1 Å². The van der Waals surface area contributed by atoms with Gasteiger partial charge in [0.05, 0.1) is 22.7 Å². The van der Waals surface area contributed by atoms with Crippen LogP contribution in [0, 0.1) is 0 Å². The molecular weight excluding hydrogens is 236 g/mol. The largest absolute Gasteiger partial charge is 0.462 e. The molecule has 0 aromatic carbocycles. The maximum absolute atomic E-state index is 11.5. The fraction of sp³-hybridized carbons (Fsp3) is 0.167. The highest BCUT2D eigenvalue weighted by Gasteiger charge is 2.11. The summed E-state index contributed by atoms with van der Waals surface area (Å²) in [4.78, 5) is 16.6. The molecule has 2 rings (SSSR count). The first-order valence-corrected chi connectivity index (χ1v) is 6.07. The van der Waals surface area contributed by atoms with E-state index in [9.17, 15) is 4.79 Å². The van der Waals surface area contributed by atoms with Crippen LogP contribution in [0.2, 0.25) is 0 Å². The zero-order valence-corrected chi connectivity index (χ0v) is 10.2. The third kappa shape index (κ3) is 2.62. The standard InChI is InChI=1S/C12H12N2O2S/c1-2-16-12(15)8-6-10(17-7-8)9-4-3-5-11(13)14-9/h3-7H,2H2,1H3,(H2,13,14). The Morgan fingerprint density at radius 3 is 3.06 bits per heavy atom. The molecule has 88 valence electrons. The summed E-state index contributed by atoms with van der Waals surface area (Å²) in [6.07, 6.45) is 0. The second-order valence-electron chi connectivity index (χ2n) is 3.37. The molecule has 0 saturated carbocycles. The average molecular weight is 248 g/mol. The lowest BCUT2D eigenvalue weighted by molar-refractivity contribution is 0.0527. The minimum Gasteiger partial charge on any atom is -0.462 e. The van der Waals surface area contributed by atoms with E-state index in [1.54, 1.807) is 24.4 Å². The predicted octanol–water partition coefficient (Wildman–Crippen LogP) is 2.57. The molecule has 5 heteroatoms. The normalized spacial score (nSPS) is 10.2. The van der Waals surface area contributed by atoms with Crippen LogP contribution in [0.3, 0.4) is 0 Å². The van der Waals surface area contributed by atoms with Gasteiger partial charge >= 0.3 is 5.97 Å². The number of rotatable bonds is 3. The van der Waals surface area contributed by atoms with Gasteiger partial charge in [-0.2, -0.15) is 0 Å². The molecule has 17 heavy (non-hydrogen) atoms. The first kappa shape index (κ1) is 11.6. The fourth-order valence-electron chi connectivity index (χ4n) is 1.38. The zero-order valence-electron chi connectivity index (χ0n) is 9.34. The quantitative estimate of drug-likeness (QED) is 0.848. The Balaban J connectivity index is 2.27. The van der Waals surface area contributed by atoms with Gasteiger partial charge in [0.25, 0.3) is 0 Å². The van der Waals surface area contributed by atoms with E-state index in [1.807, 2.05) is 12.1 Å². The van der Waals surface area contributed by atoms with E-state index in [0.29, 0.717) is 18.0 Å². The molecule has 0 aliphatic carbocycles. The third-order valence-corrected chi connectivity index (χ3v) is 3.09. The van der Waals surface area contributed by atoms with Crippen molar-refractivity contribution in [3.05, 3.63) is 35.2 Å². The number of hydrogen-bond acceptors (Lipinski definition) is 5. The number of carbonyl (C=O) groups excluding carboxylic acids is 1. The van der Waals surface area contributed by atoms with Crippen LogP contribution in [-0.2, 0) is 4.74 Å². The van der Waals surface area contributed by atoms with Gasteiger partial charge in [-0.15, -0.1) is 11.3 Å². The van der Waals surface area contributed by atoms with Gasteiger partial charge in [-0.25, -0.2) is 9.78 Å². The second-order valence-corrected chi connectivity index (χ2v) is 4.28. The highest BCUT2D eigenvalue weighted by Crippen LogP contribution is 2.26. The number of carbonyl (C=O) groups is 1. The Bertz CT molecular complexity index is 537. The van der Waals surface area contributed by atoms with E-state index in [2.05, 4.69) is 4.98 Å². The first-order valence-electron chi connectivity index (χ1n) is 5.19. The maximum Gasteiger partial charge on any atom is 0.338 e. The number of thiophene rings is 1. The summed E-state index contributed by atoms with van der Waals surface area (Å²) in [5.74, 6) is 0.160. The van der Waals surface area contributed by atoms with Crippen molar-refractivity contribution in [2.75, 3.05) is 12.3 Å². The van der Waals surface area contributed by atoms with Gasteiger partial charge in [0.15, 0.2) is 0 Å². The van der Waals surface area contributed by atoms with E-state index >= 15 is 0 Å². The van der Waals surface area contributed by atoms with E-state index in [0.717, 1.165) is 10.6 Å². The number of nitrogen functional groups attached to an aromatic ring is 1. The summed E-state index contributed by atoms with van der Waals surface area (Å²) in [5, 5.41) is 1.76. The SMILES string of the molecule is CCOC(=O)c1csc(-c2cccc(N)n2)c1. The van der Waals surface area contributed by atoms with Gasteiger partial charge in [0, 0.05) is 5.38 Å². The van der Waals surface area contributed by atoms with Crippen molar-refractivity contribution in [1.82, 2.24) is 4.98 Å². The summed E-state index contributed by atoms with van der Waals surface area (Å²) < 4.78 is 4.92. The highest BCUT2D eigenvalue weighted by molar-refractivity contribution is 7.13. The lowest BCUT2D eigenvalue weighted by Gasteiger charge is -1.98. The Labute approximate surface area is 103 Å². The molecule has 0 saturated heterocycles. The number of esters is 1. The maximum atomic E-state index is 11.5. The van der Waals surface area contributed by atoms with E-state index in [1.165, 1.54) is 11.3 Å². The van der Waals surface area contributed by atoms with Gasteiger partial charge in [0.2, 0.25) is 0 Å². The van der Waals surface area contributed by atoms with Crippen LogP contribution >= 0.6 is 11.3 Å². The van der Waals surface area contributed by atoms with Crippen LogP contribution < -0.4 is 5.73 Å². The minimum atomic E-state index is -0.307. The first-order chi connectivity index (χ1) is 8.20. The molecule has 2 heterocycles. The predicted molar refractivity (Wildman–Crippen MR) is 67.9 cm³/mol. The van der Waals surface area contributed by atoms with Crippen molar-refractivity contribution in [2.24, 2.45) is 0 Å². The van der Waals surface area contributed by atoms with Crippen molar-refractivity contribution < 1.29 is 9.53 Å². The third-order valence-electron chi connectivity index (χ3n) is 2.13. The molecule has 0 fully saturated rings. The monoisotopic (exact) mass is 248 g/mol. The van der Waals surface area contributed by atoms with Gasteiger partial charge in [-0.1, -0.05) is 6.07 Å². The molecule has 0 atom stereocenters. The molecule has 0 aliphatic heterocycles. The molecule has 4 nitrogen and oxygen atoms in total. The molecule has 2 aromatic heterocycles. The molecule has 0 radical (unpaired) electrons. The number of pyridine rings is 1. The van der Waals surface area contributed by atoms with Crippen LogP contribution in [0.25, 0.3) is 10.6 Å². The molecule has 0 spiro atoms. The highest BCUT2D eigenvalue weighted by atomic mass is 32.1. The molecule has 2 N–H and O–H groups in total. The molecule has 0 amide bonds. The number of nitrogens with two attached hydrogens (primary N) is 1. The number of nitrogens with zero attached hydrogens (tertiary/aromatic N) is 1. The summed E-state index contributed by atoms with van der Waals surface area (Å²) >= 11 is 1.45. The Hall–Kier alpha value is -1.88. The number of anilines is 1. The van der Waals surface area contributed by atoms with E-state index in [-0.39, 0.29) is 5.97 Å². The van der Waals surface area contributed by atoms with Crippen LogP contribution in [0.5, 0.6) is 0 Å². The minimum absolute atomic E-state index is 0.307. The zero-order chi connectivity index (χ0) is 12.3. The average Bonchev–Trinajstić information content (AvgIpc) is 2.78. The molecule has 0 unspecified atom stereocenters. The van der Waals surface area contributed by atoms with Gasteiger partial charge < -0.3 is 10.5 Å². The number of ether oxygens (including phenoxy) is 1. The van der Waals surface area contributed by atoms with E-state index in [4.69, 9.17) is 10.5 Å². The smallest absolute Gasteiger partial charge is 0.338 e. The van der Waals surface area contributed by atoms with Gasteiger partial charge in [-0.05, 0) is 25.1 Å². The van der Waals surface area contributed by atoms with Crippen molar-refractivity contribution in [3.63, 3.8) is 0 Å². The van der Waals surface area contributed by atoms with Gasteiger partial charge in [-0.3, -0.25) is 0 Å². The van der Waals surface area contributed by atoms with Crippen LogP contribution in [0.4, 0.5) is 5.82 Å². The van der Waals surface area contributed by atoms with Crippen LogP contribution in [0.1, 0.15) is 17.3 Å². The van der Waals surface area contributed by atoms with Crippen molar-refractivity contribution in [1.29, 1.82) is 0 Å². The number of hydrogen-bond donors (Lipinski definition) is 1. The van der Waals surface area contributed by atoms with Crippen LogP contribution in [0.15, 0.2) is 29.6 Å². The van der Waals surface area contributed by atoms with E-state index < -0.39 is 0 Å². The van der Waals surface area contributed by atoms with Crippen LogP contribution in [-0.4, -0.2) is 17.6 Å². The van der Waals surface area contributed by atoms with Crippen molar-refractivity contribution in [3.8, 4) is 10.6 Å². The fourth-order valence-corrected chi connectivity index (χ4v) is 2.23. The summed E-state index contributed by atoms with van der Waals surface area (Å²) in [6, 6.07) is 7.19. The topological polar surface area (TPSA) is 65.2 Å². The Morgan fingerprint density at radius 1 is 1.53 bits per heavy atom. The molecule has 2 aromatic rings. The second kappa shape index (κ2) is 4.97. The summed E-state index contributed by atoms with van der Waals surface area (Å²) in [6.45, 7) is 2.16. The molecule has 0 aliphatic rings. The van der Waals surface area contributed by atoms with Gasteiger partial charge in [0.1, 0.15) is 5.82 Å².